The monoisotopic (exact) mass is 356 g/mol. The van der Waals surface area contributed by atoms with Crippen LogP contribution < -0.4 is 4.90 Å². The van der Waals surface area contributed by atoms with E-state index < -0.39 is 23.4 Å². The lowest BCUT2D eigenvalue weighted by atomic mass is 10.1. The maximum Gasteiger partial charge on any atom is 0.259 e. The number of pyridine rings is 1. The molecule has 2 aromatic carbocycles. The van der Waals surface area contributed by atoms with Gasteiger partial charge in [-0.3, -0.25) is 14.7 Å². The fourth-order valence-corrected chi connectivity index (χ4v) is 2.59. The van der Waals surface area contributed by atoms with E-state index in [9.17, 15) is 18.0 Å². The minimum atomic E-state index is -0.886. The molecule has 26 heavy (non-hydrogen) atoms. The van der Waals surface area contributed by atoms with Gasteiger partial charge in [-0.2, -0.15) is 0 Å². The van der Waals surface area contributed by atoms with Crippen LogP contribution in [0, 0.1) is 24.4 Å². The second-order valence-electron chi connectivity index (χ2n) is 5.77. The Bertz CT molecular complexity index is 945. The molecule has 0 spiro atoms. The van der Waals surface area contributed by atoms with Gasteiger partial charge in [-0.15, -0.1) is 0 Å². The zero-order chi connectivity index (χ0) is 18.7. The fourth-order valence-electron chi connectivity index (χ4n) is 2.59. The SMILES string of the molecule is Cc1ccc(F)cc1C(=O)N(Cc1ccccn1)c1ccc(F)cc1F. The first-order valence-electron chi connectivity index (χ1n) is 7.88. The van der Waals surface area contributed by atoms with Gasteiger partial charge in [0.25, 0.3) is 5.91 Å². The summed E-state index contributed by atoms with van der Waals surface area (Å²) >= 11 is 0. The number of anilines is 1. The molecule has 3 nitrogen and oxygen atoms in total. The molecule has 0 N–H and O–H groups in total. The van der Waals surface area contributed by atoms with E-state index in [1.54, 1.807) is 31.3 Å². The van der Waals surface area contributed by atoms with Gasteiger partial charge >= 0.3 is 0 Å². The van der Waals surface area contributed by atoms with Crippen LogP contribution in [0.5, 0.6) is 0 Å². The van der Waals surface area contributed by atoms with Gasteiger partial charge in [-0.25, -0.2) is 13.2 Å². The van der Waals surface area contributed by atoms with Crippen molar-refractivity contribution in [3.05, 3.63) is 95.1 Å². The van der Waals surface area contributed by atoms with Crippen molar-refractivity contribution >= 4 is 11.6 Å². The number of hydrogen-bond acceptors (Lipinski definition) is 2. The van der Waals surface area contributed by atoms with Crippen molar-refractivity contribution < 1.29 is 18.0 Å². The van der Waals surface area contributed by atoms with Gasteiger partial charge in [0, 0.05) is 17.8 Å². The lowest BCUT2D eigenvalue weighted by Crippen LogP contribution is -2.32. The Hall–Kier alpha value is -3.15. The highest BCUT2D eigenvalue weighted by Gasteiger charge is 2.23. The summed E-state index contributed by atoms with van der Waals surface area (Å²) in [7, 11) is 0. The molecule has 0 radical (unpaired) electrons. The molecule has 0 saturated heterocycles. The van der Waals surface area contributed by atoms with Crippen molar-refractivity contribution in [1.82, 2.24) is 4.98 Å². The van der Waals surface area contributed by atoms with E-state index >= 15 is 0 Å². The molecule has 6 heteroatoms. The van der Waals surface area contributed by atoms with Crippen LogP contribution in [0.2, 0.25) is 0 Å². The molecule has 0 aliphatic carbocycles. The molecule has 0 bridgehead atoms. The van der Waals surface area contributed by atoms with Crippen molar-refractivity contribution in [1.29, 1.82) is 0 Å². The van der Waals surface area contributed by atoms with Crippen LogP contribution in [0.1, 0.15) is 21.6 Å². The van der Waals surface area contributed by atoms with Gasteiger partial charge < -0.3 is 0 Å². The first-order valence-corrected chi connectivity index (χ1v) is 7.88. The molecule has 132 valence electrons. The average molecular weight is 356 g/mol. The summed E-state index contributed by atoms with van der Waals surface area (Å²) in [5.74, 6) is -2.81. The Morgan fingerprint density at radius 3 is 2.42 bits per heavy atom. The van der Waals surface area contributed by atoms with Gasteiger partial charge in [0.2, 0.25) is 0 Å². The van der Waals surface area contributed by atoms with E-state index in [1.165, 1.54) is 18.2 Å². The summed E-state index contributed by atoms with van der Waals surface area (Å²) in [5, 5.41) is 0. The summed E-state index contributed by atoms with van der Waals surface area (Å²) in [6.07, 6.45) is 1.55. The third-order valence-electron chi connectivity index (χ3n) is 3.92. The predicted molar refractivity (Wildman–Crippen MR) is 92.2 cm³/mol. The van der Waals surface area contributed by atoms with E-state index in [-0.39, 0.29) is 17.8 Å². The molecule has 1 aromatic heterocycles. The molecule has 0 unspecified atom stereocenters. The Labute approximate surface area is 148 Å². The largest absolute Gasteiger partial charge is 0.299 e. The van der Waals surface area contributed by atoms with E-state index in [0.717, 1.165) is 17.0 Å². The second kappa shape index (κ2) is 7.39. The summed E-state index contributed by atoms with van der Waals surface area (Å²) in [6, 6.07) is 11.9. The quantitative estimate of drug-likeness (QED) is 0.681. The molecule has 0 fully saturated rings. The summed E-state index contributed by atoms with van der Waals surface area (Å²) in [6.45, 7) is 1.62. The third-order valence-corrected chi connectivity index (χ3v) is 3.92. The number of carbonyl (C=O) groups is 1. The minimum absolute atomic E-state index is 0.0435. The van der Waals surface area contributed by atoms with E-state index in [1.807, 2.05) is 0 Å². The highest BCUT2D eigenvalue weighted by atomic mass is 19.1. The molecule has 0 aliphatic rings. The molecule has 1 heterocycles. The van der Waals surface area contributed by atoms with Gasteiger partial charge in [0.05, 0.1) is 17.9 Å². The van der Waals surface area contributed by atoms with Gasteiger partial charge in [0.15, 0.2) is 0 Å². The number of aromatic nitrogens is 1. The second-order valence-corrected chi connectivity index (χ2v) is 5.77. The van der Waals surface area contributed by atoms with Crippen molar-refractivity contribution in [2.24, 2.45) is 0 Å². The maximum atomic E-state index is 14.3. The summed E-state index contributed by atoms with van der Waals surface area (Å²) in [5.41, 5.74) is 1.05. The zero-order valence-electron chi connectivity index (χ0n) is 13.9. The summed E-state index contributed by atoms with van der Waals surface area (Å²) in [4.78, 5) is 18.3. The van der Waals surface area contributed by atoms with Crippen LogP contribution in [0.3, 0.4) is 0 Å². The standard InChI is InChI=1S/C20H15F3N2O/c1-13-5-6-14(21)10-17(13)20(26)25(12-16-4-2-3-9-24-16)19-8-7-15(22)11-18(19)23/h2-11H,12H2,1H3. The molecule has 1 amide bonds. The smallest absolute Gasteiger partial charge is 0.259 e. The van der Waals surface area contributed by atoms with Crippen molar-refractivity contribution in [2.75, 3.05) is 4.90 Å². The fraction of sp³-hybridized carbons (Fsp3) is 0.100. The lowest BCUT2D eigenvalue weighted by molar-refractivity contribution is 0.0983. The molecule has 0 atom stereocenters. The molecule has 3 rings (SSSR count). The van der Waals surface area contributed by atoms with Crippen LogP contribution in [0.25, 0.3) is 0 Å². The zero-order valence-corrected chi connectivity index (χ0v) is 13.9. The van der Waals surface area contributed by atoms with Crippen LogP contribution in [-0.2, 0) is 6.54 Å². The van der Waals surface area contributed by atoms with Crippen LogP contribution in [0.4, 0.5) is 18.9 Å². The number of hydrogen-bond donors (Lipinski definition) is 0. The normalized spacial score (nSPS) is 10.6. The maximum absolute atomic E-state index is 14.3. The third kappa shape index (κ3) is 3.74. The average Bonchev–Trinajstić information content (AvgIpc) is 2.62. The molecular weight excluding hydrogens is 341 g/mol. The van der Waals surface area contributed by atoms with Crippen molar-refractivity contribution in [3.63, 3.8) is 0 Å². The number of aryl methyl sites for hydroxylation is 1. The Balaban J connectivity index is 2.07. The highest BCUT2D eigenvalue weighted by Crippen LogP contribution is 2.25. The number of nitrogens with zero attached hydrogens (tertiary/aromatic N) is 2. The molecular formula is C20H15F3N2O. The number of rotatable bonds is 4. The molecule has 3 aromatic rings. The van der Waals surface area contributed by atoms with Crippen LogP contribution in [0.15, 0.2) is 60.8 Å². The number of benzene rings is 2. The Kier molecular flexibility index (Phi) is 5.02. The Morgan fingerprint density at radius 2 is 1.73 bits per heavy atom. The lowest BCUT2D eigenvalue weighted by Gasteiger charge is -2.24. The highest BCUT2D eigenvalue weighted by molar-refractivity contribution is 6.07. The summed E-state index contributed by atoms with van der Waals surface area (Å²) < 4.78 is 41.2. The first kappa shape index (κ1) is 17.7. The topological polar surface area (TPSA) is 33.2 Å². The van der Waals surface area contributed by atoms with Gasteiger partial charge in [0.1, 0.15) is 17.5 Å². The molecule has 0 aliphatic heterocycles. The van der Waals surface area contributed by atoms with E-state index in [4.69, 9.17) is 0 Å². The Morgan fingerprint density at radius 1 is 1.00 bits per heavy atom. The van der Waals surface area contributed by atoms with E-state index in [0.29, 0.717) is 17.3 Å². The van der Waals surface area contributed by atoms with Crippen LogP contribution >= 0.6 is 0 Å². The number of amides is 1. The molecule has 0 saturated carbocycles. The number of halogens is 3. The number of carbonyl (C=O) groups excluding carboxylic acids is 1. The van der Waals surface area contributed by atoms with Crippen molar-refractivity contribution in [3.8, 4) is 0 Å². The minimum Gasteiger partial charge on any atom is -0.299 e. The van der Waals surface area contributed by atoms with Gasteiger partial charge in [-0.05, 0) is 48.9 Å². The van der Waals surface area contributed by atoms with E-state index in [2.05, 4.69) is 4.98 Å². The van der Waals surface area contributed by atoms with Crippen LogP contribution in [-0.4, -0.2) is 10.9 Å². The first-order chi connectivity index (χ1) is 12.5. The van der Waals surface area contributed by atoms with Crippen molar-refractivity contribution in [2.45, 2.75) is 13.5 Å². The predicted octanol–water partition coefficient (Wildman–Crippen LogP) is 4.65. The van der Waals surface area contributed by atoms with Gasteiger partial charge in [-0.1, -0.05) is 12.1 Å².